The third-order valence-corrected chi connectivity index (χ3v) is 7.25. The van der Waals surface area contributed by atoms with Gasteiger partial charge in [0.1, 0.15) is 12.6 Å². The Kier molecular flexibility index (Phi) is 7.40. The van der Waals surface area contributed by atoms with Gasteiger partial charge in [0.2, 0.25) is 5.91 Å². The van der Waals surface area contributed by atoms with Crippen molar-refractivity contribution >= 4 is 18.0 Å². The molecule has 1 atom stereocenters. The van der Waals surface area contributed by atoms with Gasteiger partial charge in [-0.15, -0.1) is 0 Å². The van der Waals surface area contributed by atoms with Crippen molar-refractivity contribution in [2.24, 2.45) is 5.41 Å². The van der Waals surface area contributed by atoms with Crippen molar-refractivity contribution in [3.8, 4) is 11.1 Å². The Balaban J connectivity index is 1.35. The van der Waals surface area contributed by atoms with Crippen LogP contribution in [-0.4, -0.2) is 67.4 Å². The SMILES string of the molecule is CCC(NC(=O)OCC1c2ccccc2-c2ccccc21)C(=O)N1CCC(COC)(C(=O)O)CC1. The minimum atomic E-state index is -0.979. The Morgan fingerprint density at radius 3 is 2.14 bits per heavy atom. The van der Waals surface area contributed by atoms with Crippen LogP contribution in [0.3, 0.4) is 0 Å². The van der Waals surface area contributed by atoms with E-state index in [9.17, 15) is 19.5 Å². The highest BCUT2D eigenvalue weighted by Gasteiger charge is 2.43. The second-order valence-corrected chi connectivity index (χ2v) is 9.27. The number of methoxy groups -OCH3 is 1. The van der Waals surface area contributed by atoms with E-state index in [4.69, 9.17) is 9.47 Å². The standard InChI is InChI=1S/C27H32N2O6/c1-3-23(24(30)29-14-12-27(13-15-29,17-34-2)25(31)32)28-26(33)35-16-22-20-10-6-4-8-18(20)19-9-5-7-11-21(19)22/h4-11,22-23H,3,12-17H2,1-2H3,(H,28,33)(H,31,32). The average molecular weight is 481 g/mol. The molecule has 0 spiro atoms. The summed E-state index contributed by atoms with van der Waals surface area (Å²) < 4.78 is 10.7. The fraction of sp³-hybridized carbons (Fsp3) is 0.444. The van der Waals surface area contributed by atoms with Gasteiger partial charge in [-0.05, 0) is 41.5 Å². The third-order valence-electron chi connectivity index (χ3n) is 7.25. The fourth-order valence-corrected chi connectivity index (χ4v) is 5.19. The summed E-state index contributed by atoms with van der Waals surface area (Å²) in [6.07, 6.45) is 0.386. The Hall–Kier alpha value is -3.39. The molecule has 186 valence electrons. The molecule has 1 heterocycles. The van der Waals surface area contributed by atoms with E-state index in [2.05, 4.69) is 29.6 Å². The molecule has 2 aliphatic rings. The van der Waals surface area contributed by atoms with Crippen molar-refractivity contribution in [1.82, 2.24) is 10.2 Å². The molecule has 2 aromatic carbocycles. The van der Waals surface area contributed by atoms with Crippen LogP contribution in [0.15, 0.2) is 48.5 Å². The van der Waals surface area contributed by atoms with Crippen molar-refractivity contribution in [3.63, 3.8) is 0 Å². The number of alkyl carbamates (subject to hydrolysis) is 1. The highest BCUT2D eigenvalue weighted by molar-refractivity contribution is 5.86. The second kappa shape index (κ2) is 10.5. The number of fused-ring (bicyclic) bond motifs is 3. The zero-order valence-corrected chi connectivity index (χ0v) is 20.2. The molecule has 8 heteroatoms. The smallest absolute Gasteiger partial charge is 0.407 e. The van der Waals surface area contributed by atoms with Crippen molar-refractivity contribution in [3.05, 3.63) is 59.7 Å². The van der Waals surface area contributed by atoms with E-state index in [1.165, 1.54) is 7.11 Å². The number of carbonyl (C=O) groups excluding carboxylic acids is 2. The van der Waals surface area contributed by atoms with Crippen LogP contribution >= 0.6 is 0 Å². The van der Waals surface area contributed by atoms with Crippen LogP contribution in [0.2, 0.25) is 0 Å². The summed E-state index contributed by atoms with van der Waals surface area (Å²) in [5, 5.41) is 12.3. The Morgan fingerprint density at radius 1 is 1.06 bits per heavy atom. The van der Waals surface area contributed by atoms with Gasteiger partial charge in [-0.1, -0.05) is 55.5 Å². The monoisotopic (exact) mass is 480 g/mol. The van der Waals surface area contributed by atoms with Gasteiger partial charge in [-0.3, -0.25) is 9.59 Å². The van der Waals surface area contributed by atoms with E-state index in [1.54, 1.807) is 4.90 Å². The number of carboxylic acids is 1. The van der Waals surface area contributed by atoms with Crippen LogP contribution in [0, 0.1) is 5.41 Å². The van der Waals surface area contributed by atoms with Crippen LogP contribution in [0.25, 0.3) is 11.1 Å². The molecule has 4 rings (SSSR count). The first-order valence-electron chi connectivity index (χ1n) is 12.0. The molecule has 2 amide bonds. The molecule has 0 bridgehead atoms. The Morgan fingerprint density at radius 2 is 1.63 bits per heavy atom. The number of carbonyl (C=O) groups is 3. The van der Waals surface area contributed by atoms with Gasteiger partial charge >= 0.3 is 12.1 Å². The molecule has 0 saturated carbocycles. The summed E-state index contributed by atoms with van der Waals surface area (Å²) in [5.74, 6) is -1.19. The number of rotatable bonds is 8. The normalized spacial score (nSPS) is 17.3. The van der Waals surface area contributed by atoms with Crippen LogP contribution < -0.4 is 5.32 Å². The summed E-state index contributed by atoms with van der Waals surface area (Å²) >= 11 is 0. The predicted octanol–water partition coefficient (Wildman–Crippen LogP) is 3.64. The fourth-order valence-electron chi connectivity index (χ4n) is 5.19. The van der Waals surface area contributed by atoms with Crippen molar-refractivity contribution in [1.29, 1.82) is 0 Å². The number of piperidine rings is 1. The van der Waals surface area contributed by atoms with Crippen LogP contribution in [0.5, 0.6) is 0 Å². The minimum absolute atomic E-state index is 0.0593. The maximum absolute atomic E-state index is 13.1. The predicted molar refractivity (Wildman–Crippen MR) is 130 cm³/mol. The molecule has 1 fully saturated rings. The number of hydrogen-bond acceptors (Lipinski definition) is 5. The van der Waals surface area contributed by atoms with E-state index in [0.717, 1.165) is 22.3 Å². The first kappa shape index (κ1) is 24.7. The van der Waals surface area contributed by atoms with Crippen molar-refractivity contribution in [2.45, 2.75) is 38.1 Å². The molecule has 1 unspecified atom stereocenters. The van der Waals surface area contributed by atoms with E-state index < -0.39 is 23.5 Å². The van der Waals surface area contributed by atoms with Gasteiger partial charge < -0.3 is 24.8 Å². The molecular weight excluding hydrogens is 448 g/mol. The molecule has 8 nitrogen and oxygen atoms in total. The summed E-state index contributed by atoms with van der Waals surface area (Å²) in [4.78, 5) is 39.1. The lowest BCUT2D eigenvalue weighted by molar-refractivity contribution is -0.158. The number of nitrogens with one attached hydrogen (secondary N) is 1. The molecule has 2 N–H and O–H groups in total. The lowest BCUT2D eigenvalue weighted by Gasteiger charge is -2.39. The van der Waals surface area contributed by atoms with Crippen LogP contribution in [-0.2, 0) is 19.1 Å². The molecular formula is C27H32N2O6. The molecule has 1 aliphatic carbocycles. The van der Waals surface area contributed by atoms with Gasteiger partial charge in [0, 0.05) is 26.1 Å². The van der Waals surface area contributed by atoms with Crippen LogP contribution in [0.1, 0.15) is 43.2 Å². The number of hydrogen-bond donors (Lipinski definition) is 2. The van der Waals surface area contributed by atoms with E-state index in [-0.39, 0.29) is 25.0 Å². The first-order chi connectivity index (χ1) is 16.9. The Labute approximate surface area is 205 Å². The lowest BCUT2D eigenvalue weighted by Crippen LogP contribution is -2.54. The minimum Gasteiger partial charge on any atom is -0.481 e. The topological polar surface area (TPSA) is 105 Å². The number of nitrogens with zero attached hydrogens (tertiary/aromatic N) is 1. The highest BCUT2D eigenvalue weighted by atomic mass is 16.5. The van der Waals surface area contributed by atoms with Gasteiger partial charge in [-0.2, -0.15) is 0 Å². The number of ether oxygens (including phenoxy) is 2. The zero-order valence-electron chi connectivity index (χ0n) is 20.2. The molecule has 2 aromatic rings. The highest BCUT2D eigenvalue weighted by Crippen LogP contribution is 2.44. The van der Waals surface area contributed by atoms with Gasteiger partial charge in [0.05, 0.1) is 12.0 Å². The summed E-state index contributed by atoms with van der Waals surface area (Å²) in [7, 11) is 1.48. The lowest BCUT2D eigenvalue weighted by atomic mass is 9.79. The van der Waals surface area contributed by atoms with Gasteiger partial charge in [0.15, 0.2) is 0 Å². The number of likely N-dealkylation sites (tertiary alicyclic amines) is 1. The van der Waals surface area contributed by atoms with Gasteiger partial charge in [-0.25, -0.2) is 4.79 Å². The average Bonchev–Trinajstić information content (AvgIpc) is 3.20. The number of aliphatic carboxylic acids is 1. The maximum Gasteiger partial charge on any atom is 0.407 e. The molecule has 1 saturated heterocycles. The number of carboxylic acid groups (broad SMARTS) is 1. The summed E-state index contributed by atoms with van der Waals surface area (Å²) in [6, 6.07) is 15.5. The summed E-state index contributed by atoms with van der Waals surface area (Å²) in [5.41, 5.74) is 3.56. The summed E-state index contributed by atoms with van der Waals surface area (Å²) in [6.45, 7) is 2.71. The van der Waals surface area contributed by atoms with E-state index in [1.807, 2.05) is 31.2 Å². The maximum atomic E-state index is 13.1. The second-order valence-electron chi connectivity index (χ2n) is 9.27. The first-order valence-corrected chi connectivity index (χ1v) is 12.0. The van der Waals surface area contributed by atoms with Gasteiger partial charge in [0.25, 0.3) is 0 Å². The van der Waals surface area contributed by atoms with E-state index in [0.29, 0.717) is 32.4 Å². The number of benzene rings is 2. The largest absolute Gasteiger partial charge is 0.481 e. The zero-order chi connectivity index (χ0) is 25.0. The Bertz CT molecular complexity index is 1050. The van der Waals surface area contributed by atoms with E-state index >= 15 is 0 Å². The molecule has 0 aromatic heterocycles. The quantitative estimate of drug-likeness (QED) is 0.598. The third kappa shape index (κ3) is 4.89. The molecule has 35 heavy (non-hydrogen) atoms. The van der Waals surface area contributed by atoms with Crippen molar-refractivity contribution in [2.75, 3.05) is 33.4 Å². The molecule has 0 radical (unpaired) electrons. The number of amides is 2. The van der Waals surface area contributed by atoms with Crippen molar-refractivity contribution < 1.29 is 29.0 Å². The van der Waals surface area contributed by atoms with Crippen LogP contribution in [0.4, 0.5) is 4.79 Å². The molecule has 1 aliphatic heterocycles.